The number of hydrogen-bond acceptors (Lipinski definition) is 5. The van der Waals surface area contributed by atoms with Gasteiger partial charge >= 0.3 is 0 Å². The number of hydrogen-bond donors (Lipinski definition) is 0. The zero-order valence-electron chi connectivity index (χ0n) is 17.9. The van der Waals surface area contributed by atoms with E-state index in [1.807, 2.05) is 32.9 Å². The van der Waals surface area contributed by atoms with Crippen LogP contribution in [0.15, 0.2) is 51.8 Å². The van der Waals surface area contributed by atoms with Gasteiger partial charge in [0.25, 0.3) is 5.91 Å². The molecule has 0 spiro atoms. The summed E-state index contributed by atoms with van der Waals surface area (Å²) >= 11 is 0. The van der Waals surface area contributed by atoms with E-state index >= 15 is 0 Å². The predicted molar refractivity (Wildman–Crippen MR) is 118 cm³/mol. The van der Waals surface area contributed by atoms with E-state index in [-0.39, 0.29) is 23.9 Å². The number of nitrogens with zero attached hydrogens (tertiary/aromatic N) is 2. The summed E-state index contributed by atoms with van der Waals surface area (Å²) in [5.74, 6) is 0.797. The number of ether oxygens (including phenoxy) is 1. The largest absolute Gasteiger partial charge is 0.494 e. The lowest BCUT2D eigenvalue weighted by molar-refractivity contribution is 0.0667. The lowest BCUT2D eigenvalue weighted by Crippen LogP contribution is -2.50. The first kappa shape index (κ1) is 21.4. The van der Waals surface area contributed by atoms with Crippen molar-refractivity contribution in [2.24, 2.45) is 0 Å². The van der Waals surface area contributed by atoms with E-state index in [1.165, 1.54) is 4.31 Å². The standard InChI is InChI=1S/C23H26N2O5S/c1-4-29-18-7-10-21-20(15-18)17(3)22(30-21)23(26)24-11-13-25(14-12-24)31(27,28)19-8-5-16(2)6-9-19/h5-10,15H,4,11-14H2,1-3H3. The molecule has 1 fully saturated rings. The zero-order chi connectivity index (χ0) is 22.2. The van der Waals surface area contributed by atoms with Crippen molar-refractivity contribution in [3.8, 4) is 5.75 Å². The minimum atomic E-state index is -3.57. The van der Waals surface area contributed by atoms with Crippen molar-refractivity contribution in [3.05, 3.63) is 59.4 Å². The highest BCUT2D eigenvalue weighted by Gasteiger charge is 2.32. The van der Waals surface area contributed by atoms with Gasteiger partial charge in [0.1, 0.15) is 11.3 Å². The van der Waals surface area contributed by atoms with Crippen LogP contribution in [-0.4, -0.2) is 56.3 Å². The van der Waals surface area contributed by atoms with Crippen molar-refractivity contribution in [3.63, 3.8) is 0 Å². The third-order valence-electron chi connectivity index (χ3n) is 5.60. The van der Waals surface area contributed by atoms with Gasteiger partial charge in [-0.2, -0.15) is 4.31 Å². The Bertz CT molecular complexity index is 1210. The monoisotopic (exact) mass is 442 g/mol. The van der Waals surface area contributed by atoms with Gasteiger partial charge in [-0.05, 0) is 51.1 Å². The van der Waals surface area contributed by atoms with Crippen LogP contribution in [0.25, 0.3) is 11.0 Å². The van der Waals surface area contributed by atoms with Gasteiger partial charge in [0.05, 0.1) is 11.5 Å². The summed E-state index contributed by atoms with van der Waals surface area (Å²) in [7, 11) is -3.57. The van der Waals surface area contributed by atoms with Crippen LogP contribution >= 0.6 is 0 Å². The molecule has 0 unspecified atom stereocenters. The topological polar surface area (TPSA) is 80.1 Å². The molecule has 2 heterocycles. The molecule has 1 aromatic heterocycles. The third-order valence-corrected chi connectivity index (χ3v) is 7.51. The van der Waals surface area contributed by atoms with Gasteiger partial charge < -0.3 is 14.1 Å². The highest BCUT2D eigenvalue weighted by Crippen LogP contribution is 2.30. The van der Waals surface area contributed by atoms with E-state index in [2.05, 4.69) is 0 Å². The molecule has 1 saturated heterocycles. The van der Waals surface area contributed by atoms with Gasteiger partial charge in [-0.15, -0.1) is 0 Å². The van der Waals surface area contributed by atoms with Gasteiger partial charge in [0.2, 0.25) is 10.0 Å². The van der Waals surface area contributed by atoms with Crippen LogP contribution in [0.3, 0.4) is 0 Å². The lowest BCUT2D eigenvalue weighted by atomic mass is 10.1. The van der Waals surface area contributed by atoms with Gasteiger partial charge in [-0.3, -0.25) is 4.79 Å². The molecule has 3 aromatic rings. The number of fused-ring (bicyclic) bond motifs is 1. The molecule has 164 valence electrons. The first-order valence-corrected chi connectivity index (χ1v) is 11.8. The summed E-state index contributed by atoms with van der Waals surface area (Å²) in [6.07, 6.45) is 0. The van der Waals surface area contributed by atoms with E-state index in [0.29, 0.717) is 31.0 Å². The quantitative estimate of drug-likeness (QED) is 0.603. The molecule has 31 heavy (non-hydrogen) atoms. The number of benzene rings is 2. The van der Waals surface area contributed by atoms with E-state index in [0.717, 1.165) is 22.3 Å². The lowest BCUT2D eigenvalue weighted by Gasteiger charge is -2.33. The summed E-state index contributed by atoms with van der Waals surface area (Å²) in [6.45, 7) is 7.36. The molecule has 4 rings (SSSR count). The highest BCUT2D eigenvalue weighted by molar-refractivity contribution is 7.89. The highest BCUT2D eigenvalue weighted by atomic mass is 32.2. The number of furan rings is 1. The minimum absolute atomic E-state index is 0.223. The Morgan fingerprint density at radius 2 is 1.71 bits per heavy atom. The molecule has 8 heteroatoms. The molecule has 1 amide bonds. The van der Waals surface area contributed by atoms with Crippen molar-refractivity contribution in [1.29, 1.82) is 0 Å². The molecule has 0 N–H and O–H groups in total. The Morgan fingerprint density at radius 3 is 2.35 bits per heavy atom. The van der Waals surface area contributed by atoms with Gasteiger partial charge in [-0.25, -0.2) is 8.42 Å². The van der Waals surface area contributed by atoms with Crippen LogP contribution < -0.4 is 4.74 Å². The van der Waals surface area contributed by atoms with E-state index in [1.54, 1.807) is 35.2 Å². The fourth-order valence-electron chi connectivity index (χ4n) is 3.79. The molecule has 0 aliphatic carbocycles. The number of aryl methyl sites for hydroxylation is 2. The van der Waals surface area contributed by atoms with E-state index in [9.17, 15) is 13.2 Å². The summed E-state index contributed by atoms with van der Waals surface area (Å²) in [5, 5.41) is 0.842. The number of amides is 1. The van der Waals surface area contributed by atoms with Crippen LogP contribution in [-0.2, 0) is 10.0 Å². The van der Waals surface area contributed by atoms with Crippen LogP contribution in [0, 0.1) is 13.8 Å². The first-order chi connectivity index (χ1) is 14.8. The fraction of sp³-hybridized carbons (Fsp3) is 0.348. The van der Waals surface area contributed by atoms with Crippen LogP contribution in [0.5, 0.6) is 5.75 Å². The molecule has 2 aromatic carbocycles. The van der Waals surface area contributed by atoms with Crippen molar-refractivity contribution in [2.45, 2.75) is 25.7 Å². The predicted octanol–water partition coefficient (Wildman–Crippen LogP) is 3.60. The number of rotatable bonds is 5. The average Bonchev–Trinajstić information content (AvgIpc) is 3.10. The molecular weight excluding hydrogens is 416 g/mol. The van der Waals surface area contributed by atoms with Crippen LogP contribution in [0.1, 0.15) is 28.6 Å². The second-order valence-electron chi connectivity index (χ2n) is 7.66. The molecule has 1 aliphatic rings. The number of carbonyl (C=O) groups excluding carboxylic acids is 1. The van der Waals surface area contributed by atoms with E-state index < -0.39 is 10.0 Å². The summed E-state index contributed by atoms with van der Waals surface area (Å²) in [4.78, 5) is 15.0. The Morgan fingerprint density at radius 1 is 1.03 bits per heavy atom. The van der Waals surface area contributed by atoms with Gasteiger partial charge in [0, 0.05) is 37.1 Å². The molecule has 0 saturated carbocycles. The number of carbonyl (C=O) groups is 1. The molecule has 7 nitrogen and oxygen atoms in total. The maximum atomic E-state index is 13.1. The Balaban J connectivity index is 1.49. The molecule has 1 aliphatic heterocycles. The van der Waals surface area contributed by atoms with Gasteiger partial charge in [0.15, 0.2) is 5.76 Å². The average molecular weight is 443 g/mol. The zero-order valence-corrected chi connectivity index (χ0v) is 18.7. The van der Waals surface area contributed by atoms with Crippen molar-refractivity contribution in [2.75, 3.05) is 32.8 Å². The van der Waals surface area contributed by atoms with Crippen LogP contribution in [0.2, 0.25) is 0 Å². The molecule has 0 atom stereocenters. The third kappa shape index (κ3) is 4.05. The van der Waals surface area contributed by atoms with Crippen molar-refractivity contribution < 1.29 is 22.4 Å². The summed E-state index contributed by atoms with van der Waals surface area (Å²) in [5.41, 5.74) is 2.39. The molecule has 0 radical (unpaired) electrons. The normalized spacial score (nSPS) is 15.4. The molecular formula is C23H26N2O5S. The van der Waals surface area contributed by atoms with Crippen LogP contribution in [0.4, 0.5) is 0 Å². The maximum absolute atomic E-state index is 13.1. The Kier molecular flexibility index (Phi) is 5.77. The molecule has 0 bridgehead atoms. The van der Waals surface area contributed by atoms with Crippen molar-refractivity contribution in [1.82, 2.24) is 9.21 Å². The number of piperazine rings is 1. The smallest absolute Gasteiger partial charge is 0.289 e. The Labute approximate surface area is 182 Å². The number of sulfonamides is 1. The minimum Gasteiger partial charge on any atom is -0.494 e. The maximum Gasteiger partial charge on any atom is 0.289 e. The fourth-order valence-corrected chi connectivity index (χ4v) is 5.22. The summed E-state index contributed by atoms with van der Waals surface area (Å²) < 4.78 is 38.6. The first-order valence-electron chi connectivity index (χ1n) is 10.3. The SMILES string of the molecule is CCOc1ccc2oc(C(=O)N3CCN(S(=O)(=O)c4ccc(C)cc4)CC3)c(C)c2c1. The van der Waals surface area contributed by atoms with E-state index in [4.69, 9.17) is 9.15 Å². The summed E-state index contributed by atoms with van der Waals surface area (Å²) in [6, 6.07) is 12.3. The second-order valence-corrected chi connectivity index (χ2v) is 9.59. The van der Waals surface area contributed by atoms with Crippen molar-refractivity contribution >= 4 is 26.9 Å². The second kappa shape index (κ2) is 8.36. The van der Waals surface area contributed by atoms with Gasteiger partial charge in [-0.1, -0.05) is 17.7 Å². The Hall–Kier alpha value is -2.84.